The van der Waals surface area contributed by atoms with Gasteiger partial charge >= 0.3 is 5.97 Å². The van der Waals surface area contributed by atoms with Crippen molar-refractivity contribution in [3.05, 3.63) is 114 Å². The van der Waals surface area contributed by atoms with E-state index >= 15 is 0 Å². The van der Waals surface area contributed by atoms with Crippen molar-refractivity contribution < 1.29 is 18.7 Å². The number of para-hydroxylation sites is 1. The number of aromatic nitrogens is 2. The van der Waals surface area contributed by atoms with E-state index in [1.807, 2.05) is 68.7 Å². The average Bonchev–Trinajstić information content (AvgIpc) is 3.38. The van der Waals surface area contributed by atoms with Crippen LogP contribution >= 0.6 is 11.3 Å². The van der Waals surface area contributed by atoms with E-state index in [0.717, 1.165) is 22.6 Å². The molecule has 0 fully saturated rings. The minimum Gasteiger partial charge on any atom is -0.491 e. The molecule has 7 nitrogen and oxygen atoms in total. The van der Waals surface area contributed by atoms with Crippen LogP contribution in [0.4, 0.5) is 4.39 Å². The van der Waals surface area contributed by atoms with Crippen LogP contribution in [0.3, 0.4) is 0 Å². The number of fused-ring (bicyclic) bond motifs is 1. The van der Waals surface area contributed by atoms with E-state index in [0.29, 0.717) is 31.9 Å². The van der Waals surface area contributed by atoms with E-state index in [1.165, 1.54) is 23.5 Å². The van der Waals surface area contributed by atoms with Gasteiger partial charge in [0.15, 0.2) is 4.80 Å². The number of rotatable bonds is 7. The molecule has 0 unspecified atom stereocenters. The van der Waals surface area contributed by atoms with Gasteiger partial charge in [0.25, 0.3) is 5.56 Å². The van der Waals surface area contributed by atoms with Gasteiger partial charge in [0, 0.05) is 22.6 Å². The zero-order valence-corrected chi connectivity index (χ0v) is 24.7. The lowest BCUT2D eigenvalue weighted by Crippen LogP contribution is -2.40. The molecular weight excluding hydrogens is 541 g/mol. The van der Waals surface area contributed by atoms with Crippen LogP contribution in [-0.2, 0) is 9.53 Å². The summed E-state index contributed by atoms with van der Waals surface area (Å²) in [6, 6.07) is 15.0. The monoisotopic (exact) mass is 573 g/mol. The maximum atomic E-state index is 14.1. The standard InChI is InChI=1S/C32H32FN3O4S/c1-7-39-31(38)28-20(5)34-32-36(29(28)25-10-8-9-11-26(25)40-18(2)3)30(37)27(41-32)17-22-16-19(4)35(21(22)6)24-14-12-23(33)13-15-24/h8-18,29H,7H2,1-6H3/b27-17-/t29-/m0/s1. The fourth-order valence-corrected chi connectivity index (χ4v) is 6.25. The van der Waals surface area contributed by atoms with Gasteiger partial charge < -0.3 is 14.0 Å². The summed E-state index contributed by atoms with van der Waals surface area (Å²) in [5.74, 6) is -0.235. The molecule has 0 radical (unpaired) electrons. The fraction of sp³-hybridized carbons (Fsp3) is 0.281. The van der Waals surface area contributed by atoms with Crippen LogP contribution in [-0.4, -0.2) is 27.8 Å². The third-order valence-electron chi connectivity index (χ3n) is 6.94. The summed E-state index contributed by atoms with van der Waals surface area (Å²) in [5.41, 5.74) is 4.77. The molecule has 0 saturated heterocycles. The summed E-state index contributed by atoms with van der Waals surface area (Å²) in [5, 5.41) is 0. The van der Waals surface area contributed by atoms with Crippen molar-refractivity contribution in [3.63, 3.8) is 0 Å². The highest BCUT2D eigenvalue weighted by atomic mass is 32.1. The topological polar surface area (TPSA) is 74.8 Å². The molecule has 9 heteroatoms. The van der Waals surface area contributed by atoms with Crippen molar-refractivity contribution >= 4 is 23.4 Å². The highest BCUT2D eigenvalue weighted by Gasteiger charge is 2.35. The first-order valence-corrected chi connectivity index (χ1v) is 14.3. The first kappa shape index (κ1) is 28.3. The van der Waals surface area contributed by atoms with Gasteiger partial charge in [-0.25, -0.2) is 14.2 Å². The number of thiazole rings is 1. The SMILES string of the molecule is CCOC(=O)C1=C(C)N=c2s/c(=C\c3cc(C)n(-c4ccc(F)cc4)c3C)c(=O)n2[C@H]1c1ccccc1OC(C)C. The van der Waals surface area contributed by atoms with Gasteiger partial charge in [0.1, 0.15) is 17.6 Å². The lowest BCUT2D eigenvalue weighted by molar-refractivity contribution is -0.139. The molecule has 1 aliphatic rings. The number of allylic oxidation sites excluding steroid dienone is 1. The average molecular weight is 574 g/mol. The first-order valence-electron chi connectivity index (χ1n) is 13.5. The van der Waals surface area contributed by atoms with Crippen molar-refractivity contribution in [2.75, 3.05) is 6.61 Å². The third-order valence-corrected chi connectivity index (χ3v) is 7.92. The number of carbonyl (C=O) groups excluding carboxylic acids is 1. The maximum Gasteiger partial charge on any atom is 0.338 e. The minimum atomic E-state index is -0.769. The molecule has 41 heavy (non-hydrogen) atoms. The van der Waals surface area contributed by atoms with Gasteiger partial charge in [0.05, 0.1) is 28.5 Å². The normalized spacial score (nSPS) is 15.2. The number of ether oxygens (including phenoxy) is 2. The molecule has 212 valence electrons. The van der Waals surface area contributed by atoms with Crippen LogP contribution in [0.1, 0.15) is 56.3 Å². The van der Waals surface area contributed by atoms with Gasteiger partial charge in [0.2, 0.25) is 0 Å². The number of carbonyl (C=O) groups is 1. The molecule has 1 aliphatic heterocycles. The lowest BCUT2D eigenvalue weighted by atomic mass is 9.95. The third kappa shape index (κ3) is 5.29. The van der Waals surface area contributed by atoms with Crippen LogP contribution in [0.2, 0.25) is 0 Å². The van der Waals surface area contributed by atoms with E-state index in [2.05, 4.69) is 4.99 Å². The second kappa shape index (κ2) is 11.3. The van der Waals surface area contributed by atoms with E-state index in [1.54, 1.807) is 30.5 Å². The number of aryl methyl sites for hydroxylation is 1. The number of nitrogens with zero attached hydrogens (tertiary/aromatic N) is 3. The van der Waals surface area contributed by atoms with Crippen molar-refractivity contribution in [3.8, 4) is 11.4 Å². The van der Waals surface area contributed by atoms with E-state index in [-0.39, 0.29) is 24.1 Å². The Balaban J connectivity index is 1.71. The Morgan fingerprint density at radius 2 is 1.83 bits per heavy atom. The number of hydrogen-bond donors (Lipinski definition) is 0. The predicted molar refractivity (Wildman–Crippen MR) is 158 cm³/mol. The Labute approximate surface area is 241 Å². The Hall–Kier alpha value is -4.24. The van der Waals surface area contributed by atoms with Crippen LogP contribution in [0.5, 0.6) is 5.75 Å². The summed E-state index contributed by atoms with van der Waals surface area (Å²) in [4.78, 5) is 32.5. The molecular formula is C32H32FN3O4S. The lowest BCUT2D eigenvalue weighted by Gasteiger charge is -2.26. The minimum absolute atomic E-state index is 0.112. The van der Waals surface area contributed by atoms with E-state index in [4.69, 9.17) is 9.47 Å². The number of benzene rings is 2. The molecule has 4 aromatic rings. The molecule has 5 rings (SSSR count). The number of esters is 1. The van der Waals surface area contributed by atoms with Gasteiger partial charge in [-0.2, -0.15) is 0 Å². The maximum absolute atomic E-state index is 14.1. The molecule has 0 spiro atoms. The van der Waals surface area contributed by atoms with Crippen LogP contribution < -0.4 is 19.6 Å². The molecule has 0 bridgehead atoms. The number of hydrogen-bond acceptors (Lipinski definition) is 6. The molecule has 0 N–H and O–H groups in total. The zero-order valence-electron chi connectivity index (χ0n) is 23.9. The zero-order chi connectivity index (χ0) is 29.4. The van der Waals surface area contributed by atoms with Gasteiger partial charge in [-0.1, -0.05) is 29.5 Å². The molecule has 2 aromatic heterocycles. The largest absolute Gasteiger partial charge is 0.491 e. The second-order valence-electron chi connectivity index (χ2n) is 10.1. The fourth-order valence-electron chi connectivity index (χ4n) is 5.22. The van der Waals surface area contributed by atoms with E-state index in [9.17, 15) is 14.0 Å². The highest BCUT2D eigenvalue weighted by molar-refractivity contribution is 7.07. The first-order chi connectivity index (χ1) is 19.6. The second-order valence-corrected chi connectivity index (χ2v) is 11.2. The van der Waals surface area contributed by atoms with Crippen LogP contribution in [0.25, 0.3) is 11.8 Å². The van der Waals surface area contributed by atoms with Crippen molar-refractivity contribution in [2.24, 2.45) is 4.99 Å². The Bertz CT molecular complexity index is 1840. The Morgan fingerprint density at radius 1 is 1.12 bits per heavy atom. The van der Waals surface area contributed by atoms with Gasteiger partial charge in [-0.15, -0.1) is 0 Å². The van der Waals surface area contributed by atoms with Crippen molar-refractivity contribution in [1.29, 1.82) is 0 Å². The molecule has 0 saturated carbocycles. The molecule has 2 aromatic carbocycles. The summed E-state index contributed by atoms with van der Waals surface area (Å²) in [6.45, 7) is 11.5. The van der Waals surface area contributed by atoms with Gasteiger partial charge in [-0.05, 0) is 89.6 Å². The summed E-state index contributed by atoms with van der Waals surface area (Å²) in [6.07, 6.45) is 1.74. The molecule has 1 atom stereocenters. The highest BCUT2D eigenvalue weighted by Crippen LogP contribution is 2.36. The predicted octanol–water partition coefficient (Wildman–Crippen LogP) is 5.13. The van der Waals surface area contributed by atoms with E-state index < -0.39 is 12.0 Å². The van der Waals surface area contributed by atoms with Crippen molar-refractivity contribution in [1.82, 2.24) is 9.13 Å². The van der Waals surface area contributed by atoms with Crippen LogP contribution in [0.15, 0.2) is 75.7 Å². The van der Waals surface area contributed by atoms with Crippen molar-refractivity contribution in [2.45, 2.75) is 53.7 Å². The Morgan fingerprint density at radius 3 is 2.51 bits per heavy atom. The quantitative estimate of drug-likeness (QED) is 0.287. The summed E-state index contributed by atoms with van der Waals surface area (Å²) >= 11 is 1.27. The molecule has 0 aliphatic carbocycles. The smallest absolute Gasteiger partial charge is 0.338 e. The summed E-state index contributed by atoms with van der Waals surface area (Å²) in [7, 11) is 0. The van der Waals surface area contributed by atoms with Crippen LogP contribution in [0, 0.1) is 19.7 Å². The molecule has 3 heterocycles. The summed E-state index contributed by atoms with van der Waals surface area (Å²) < 4.78 is 29.1. The molecule has 0 amide bonds. The number of halogens is 1. The van der Waals surface area contributed by atoms with Gasteiger partial charge in [-0.3, -0.25) is 9.36 Å². The Kier molecular flexibility index (Phi) is 7.82.